The summed E-state index contributed by atoms with van der Waals surface area (Å²) in [5.41, 5.74) is 0. The van der Waals surface area contributed by atoms with Crippen molar-refractivity contribution in [3.05, 3.63) is 6.42 Å². The van der Waals surface area contributed by atoms with Crippen molar-refractivity contribution in [1.82, 2.24) is 0 Å². The Labute approximate surface area is 55.3 Å². The lowest BCUT2D eigenvalue weighted by atomic mass is 10.1. The van der Waals surface area contributed by atoms with E-state index in [9.17, 15) is 9.59 Å². The summed E-state index contributed by atoms with van der Waals surface area (Å²) in [6.45, 7) is 4.91. The Morgan fingerprint density at radius 1 is 1.33 bits per heavy atom. The molecule has 0 aliphatic rings. The van der Waals surface area contributed by atoms with Crippen molar-refractivity contribution in [1.29, 1.82) is 0 Å². The topological polar surface area (TPSA) is 34.1 Å². The van der Waals surface area contributed by atoms with Gasteiger partial charge in [0, 0.05) is 5.92 Å². The third-order valence-electron chi connectivity index (χ3n) is 0.915. The largest absolute Gasteiger partial charge is 0.299 e. The zero-order chi connectivity index (χ0) is 7.44. The summed E-state index contributed by atoms with van der Waals surface area (Å²) in [7, 11) is 0. The molecule has 0 fully saturated rings. The quantitative estimate of drug-likeness (QED) is 0.530. The second-order valence-electron chi connectivity index (χ2n) is 2.31. The molecule has 0 aromatic carbocycles. The number of hydrogen-bond donors (Lipinski definition) is 0. The molecule has 0 rings (SSSR count). The van der Waals surface area contributed by atoms with E-state index in [1.54, 1.807) is 13.8 Å². The Kier molecular flexibility index (Phi) is 3.13. The molecular weight excluding hydrogens is 116 g/mol. The van der Waals surface area contributed by atoms with Gasteiger partial charge in [-0.2, -0.15) is 0 Å². The minimum atomic E-state index is -0.172. The van der Waals surface area contributed by atoms with Crippen LogP contribution in [0.4, 0.5) is 0 Å². The Balaban J connectivity index is 3.64. The minimum Gasteiger partial charge on any atom is -0.299 e. The highest BCUT2D eigenvalue weighted by Crippen LogP contribution is 1.97. The molecule has 0 saturated heterocycles. The van der Waals surface area contributed by atoms with E-state index in [0.29, 0.717) is 0 Å². The predicted octanol–water partition coefficient (Wildman–Crippen LogP) is 1.00. The first-order valence-corrected chi connectivity index (χ1v) is 2.93. The maximum Gasteiger partial charge on any atom is 0.147 e. The van der Waals surface area contributed by atoms with Gasteiger partial charge in [0.1, 0.15) is 11.6 Å². The second-order valence-corrected chi connectivity index (χ2v) is 2.31. The summed E-state index contributed by atoms with van der Waals surface area (Å²) >= 11 is 0. The standard InChI is InChI=1S/C7H11O2/c1-5(2)7(9)4-6(3)8/h4-5H,1-3H3. The van der Waals surface area contributed by atoms with Gasteiger partial charge in [0.2, 0.25) is 0 Å². The summed E-state index contributed by atoms with van der Waals surface area (Å²) in [5.74, 6) is -0.329. The summed E-state index contributed by atoms with van der Waals surface area (Å²) in [4.78, 5) is 21.0. The number of carbonyl (C=O) groups is 2. The van der Waals surface area contributed by atoms with E-state index in [4.69, 9.17) is 0 Å². The van der Waals surface area contributed by atoms with Gasteiger partial charge in [0.15, 0.2) is 0 Å². The summed E-state index contributed by atoms with van der Waals surface area (Å²) < 4.78 is 0. The minimum absolute atomic E-state index is 0.0612. The Bertz CT molecular complexity index is 125. The van der Waals surface area contributed by atoms with Crippen LogP contribution < -0.4 is 0 Å². The van der Waals surface area contributed by atoms with E-state index in [1.807, 2.05) is 0 Å². The second kappa shape index (κ2) is 3.38. The van der Waals surface area contributed by atoms with Crippen molar-refractivity contribution < 1.29 is 9.59 Å². The molecule has 2 heteroatoms. The molecule has 1 radical (unpaired) electrons. The molecule has 0 aliphatic carbocycles. The number of hydrogen-bond acceptors (Lipinski definition) is 2. The van der Waals surface area contributed by atoms with Crippen LogP contribution in [0.5, 0.6) is 0 Å². The SMILES string of the molecule is CC(=O)[CH]C(=O)C(C)C. The lowest BCUT2D eigenvalue weighted by Crippen LogP contribution is -2.11. The van der Waals surface area contributed by atoms with Crippen LogP contribution in [-0.2, 0) is 9.59 Å². The number of rotatable bonds is 3. The van der Waals surface area contributed by atoms with E-state index in [-0.39, 0.29) is 17.5 Å². The van der Waals surface area contributed by atoms with Crippen molar-refractivity contribution in [2.24, 2.45) is 5.92 Å². The molecule has 0 heterocycles. The monoisotopic (exact) mass is 127 g/mol. The van der Waals surface area contributed by atoms with Crippen LogP contribution in [0.2, 0.25) is 0 Å². The lowest BCUT2D eigenvalue weighted by molar-refractivity contribution is -0.122. The molecule has 51 valence electrons. The van der Waals surface area contributed by atoms with Crippen molar-refractivity contribution >= 4 is 11.6 Å². The zero-order valence-corrected chi connectivity index (χ0v) is 5.97. The average Bonchev–Trinajstić information content (AvgIpc) is 1.63. The molecule has 0 atom stereocenters. The van der Waals surface area contributed by atoms with Crippen LogP contribution >= 0.6 is 0 Å². The lowest BCUT2D eigenvalue weighted by Gasteiger charge is -1.97. The van der Waals surface area contributed by atoms with Crippen LogP contribution in [0.1, 0.15) is 20.8 Å². The van der Waals surface area contributed by atoms with Crippen molar-refractivity contribution in [2.75, 3.05) is 0 Å². The van der Waals surface area contributed by atoms with Gasteiger partial charge in [-0.1, -0.05) is 13.8 Å². The van der Waals surface area contributed by atoms with Gasteiger partial charge in [-0.25, -0.2) is 0 Å². The predicted molar refractivity (Wildman–Crippen MR) is 34.8 cm³/mol. The van der Waals surface area contributed by atoms with Crippen LogP contribution in [0.15, 0.2) is 0 Å². The Hall–Kier alpha value is -0.660. The summed E-state index contributed by atoms with van der Waals surface area (Å²) in [5, 5.41) is 0. The highest BCUT2D eigenvalue weighted by Gasteiger charge is 2.09. The maximum atomic E-state index is 10.7. The summed E-state index contributed by atoms with van der Waals surface area (Å²) in [6.07, 6.45) is 1.13. The molecule has 0 spiro atoms. The van der Waals surface area contributed by atoms with Gasteiger partial charge in [-0.05, 0) is 6.92 Å². The highest BCUT2D eigenvalue weighted by molar-refractivity contribution is 6.09. The first-order valence-electron chi connectivity index (χ1n) is 2.93. The fraction of sp³-hybridized carbons (Fsp3) is 0.571. The highest BCUT2D eigenvalue weighted by atomic mass is 16.1. The van der Waals surface area contributed by atoms with Gasteiger partial charge in [-0.3, -0.25) is 9.59 Å². The number of Topliss-reactive ketones (excluding diaryl/α,β-unsaturated/α-hetero) is 2. The fourth-order valence-corrected chi connectivity index (χ4v) is 0.367. The van der Waals surface area contributed by atoms with Gasteiger partial charge in [0.05, 0.1) is 6.42 Å². The van der Waals surface area contributed by atoms with Gasteiger partial charge >= 0.3 is 0 Å². The molecule has 0 aliphatic heterocycles. The van der Waals surface area contributed by atoms with Gasteiger partial charge < -0.3 is 0 Å². The van der Waals surface area contributed by atoms with E-state index < -0.39 is 0 Å². The first kappa shape index (κ1) is 8.34. The normalized spacial score (nSPS) is 9.78. The van der Waals surface area contributed by atoms with Crippen molar-refractivity contribution in [2.45, 2.75) is 20.8 Å². The maximum absolute atomic E-state index is 10.7. The molecule has 0 saturated carbocycles. The van der Waals surface area contributed by atoms with Gasteiger partial charge in [0.25, 0.3) is 0 Å². The molecule has 0 bridgehead atoms. The number of ketones is 2. The molecule has 0 unspecified atom stereocenters. The Morgan fingerprint density at radius 2 is 1.78 bits per heavy atom. The zero-order valence-electron chi connectivity index (χ0n) is 5.97. The van der Waals surface area contributed by atoms with E-state index in [0.717, 1.165) is 6.42 Å². The van der Waals surface area contributed by atoms with E-state index in [1.165, 1.54) is 6.92 Å². The van der Waals surface area contributed by atoms with Gasteiger partial charge in [-0.15, -0.1) is 0 Å². The third-order valence-corrected chi connectivity index (χ3v) is 0.915. The fourth-order valence-electron chi connectivity index (χ4n) is 0.367. The molecule has 0 aromatic rings. The Morgan fingerprint density at radius 3 is 1.89 bits per heavy atom. The first-order chi connectivity index (χ1) is 4.04. The van der Waals surface area contributed by atoms with Crippen LogP contribution in [0, 0.1) is 12.3 Å². The van der Waals surface area contributed by atoms with Crippen molar-refractivity contribution in [3.63, 3.8) is 0 Å². The van der Waals surface area contributed by atoms with Crippen LogP contribution in [0.3, 0.4) is 0 Å². The molecule has 2 nitrogen and oxygen atoms in total. The molecule has 0 amide bonds. The van der Waals surface area contributed by atoms with Crippen molar-refractivity contribution in [3.8, 4) is 0 Å². The average molecular weight is 127 g/mol. The smallest absolute Gasteiger partial charge is 0.147 e. The molecule has 0 N–H and O–H groups in total. The number of carbonyl (C=O) groups excluding carboxylic acids is 2. The summed E-state index contributed by atoms with van der Waals surface area (Å²) in [6, 6.07) is 0. The molecule has 0 aromatic heterocycles. The molecule has 9 heavy (non-hydrogen) atoms. The third kappa shape index (κ3) is 3.88. The van der Waals surface area contributed by atoms with Crippen LogP contribution in [-0.4, -0.2) is 11.6 Å². The van der Waals surface area contributed by atoms with Crippen LogP contribution in [0.25, 0.3) is 0 Å². The van der Waals surface area contributed by atoms with E-state index >= 15 is 0 Å². The molecular formula is C7H11O2. The van der Waals surface area contributed by atoms with E-state index in [2.05, 4.69) is 0 Å².